The summed E-state index contributed by atoms with van der Waals surface area (Å²) in [6, 6.07) is 2.49. The van der Waals surface area contributed by atoms with Crippen molar-refractivity contribution >= 4 is 21.4 Å². The van der Waals surface area contributed by atoms with E-state index in [1.165, 1.54) is 17.5 Å². The lowest BCUT2D eigenvalue weighted by molar-refractivity contribution is 0.455. The Labute approximate surface area is 71.5 Å². The lowest BCUT2D eigenvalue weighted by atomic mass is 10.2. The molecule has 0 saturated carbocycles. The molecule has 0 amide bonds. The second-order valence-electron chi connectivity index (χ2n) is 2.43. The van der Waals surface area contributed by atoms with Crippen LogP contribution in [0.4, 0.5) is 4.39 Å². The molecule has 2 N–H and O–H groups in total. The Kier molecular flexibility index (Phi) is 1.44. The van der Waals surface area contributed by atoms with Gasteiger partial charge in [-0.2, -0.15) is 0 Å². The SMILES string of the molecule is Oc1cc(O)c2scc(F)c2c1. The molecule has 0 bridgehead atoms. The van der Waals surface area contributed by atoms with Crippen LogP contribution in [0.1, 0.15) is 0 Å². The van der Waals surface area contributed by atoms with Crippen molar-refractivity contribution in [2.75, 3.05) is 0 Å². The lowest BCUT2D eigenvalue weighted by Crippen LogP contribution is -1.70. The number of fused-ring (bicyclic) bond motifs is 1. The van der Waals surface area contributed by atoms with E-state index in [1.807, 2.05) is 0 Å². The monoisotopic (exact) mass is 184 g/mol. The first-order chi connectivity index (χ1) is 5.68. The molecule has 0 aliphatic carbocycles. The van der Waals surface area contributed by atoms with E-state index in [4.69, 9.17) is 5.11 Å². The minimum atomic E-state index is -0.416. The molecule has 2 rings (SSSR count). The summed E-state index contributed by atoms with van der Waals surface area (Å²) in [6.07, 6.45) is 0. The van der Waals surface area contributed by atoms with Gasteiger partial charge in [0.05, 0.1) is 4.70 Å². The van der Waals surface area contributed by atoms with Crippen LogP contribution in [0.5, 0.6) is 11.5 Å². The van der Waals surface area contributed by atoms with Crippen molar-refractivity contribution in [3.05, 3.63) is 23.3 Å². The van der Waals surface area contributed by atoms with E-state index >= 15 is 0 Å². The summed E-state index contributed by atoms with van der Waals surface area (Å²) in [5.41, 5.74) is 0. The van der Waals surface area contributed by atoms with Gasteiger partial charge < -0.3 is 10.2 Å². The summed E-state index contributed by atoms with van der Waals surface area (Å²) in [5.74, 6) is -0.627. The molecule has 0 atom stereocenters. The zero-order valence-corrected chi connectivity index (χ0v) is 6.73. The lowest BCUT2D eigenvalue weighted by Gasteiger charge is -1.95. The Balaban J connectivity index is 2.92. The molecule has 4 heteroatoms. The van der Waals surface area contributed by atoms with E-state index in [0.717, 1.165) is 11.3 Å². The normalized spacial score (nSPS) is 10.8. The number of thiophene rings is 1. The summed E-state index contributed by atoms with van der Waals surface area (Å²) in [7, 11) is 0. The van der Waals surface area contributed by atoms with Crippen LogP contribution in [-0.2, 0) is 0 Å². The van der Waals surface area contributed by atoms with Crippen molar-refractivity contribution in [3.63, 3.8) is 0 Å². The van der Waals surface area contributed by atoms with Crippen LogP contribution in [0.3, 0.4) is 0 Å². The maximum absolute atomic E-state index is 12.9. The Hall–Kier alpha value is -1.29. The van der Waals surface area contributed by atoms with Gasteiger partial charge in [-0.25, -0.2) is 4.39 Å². The zero-order chi connectivity index (χ0) is 8.72. The first kappa shape index (κ1) is 7.36. The largest absolute Gasteiger partial charge is 0.508 e. The fourth-order valence-corrected chi connectivity index (χ4v) is 1.89. The van der Waals surface area contributed by atoms with E-state index in [-0.39, 0.29) is 16.9 Å². The molecule has 1 aromatic carbocycles. The molecule has 62 valence electrons. The Morgan fingerprint density at radius 3 is 2.75 bits per heavy atom. The second-order valence-corrected chi connectivity index (χ2v) is 3.30. The van der Waals surface area contributed by atoms with E-state index in [0.29, 0.717) is 4.70 Å². The third kappa shape index (κ3) is 0.921. The fourth-order valence-electron chi connectivity index (χ4n) is 1.07. The third-order valence-corrected chi connectivity index (χ3v) is 2.58. The second kappa shape index (κ2) is 2.35. The van der Waals surface area contributed by atoms with E-state index in [9.17, 15) is 9.50 Å². The predicted octanol–water partition coefficient (Wildman–Crippen LogP) is 2.45. The highest BCUT2D eigenvalue weighted by Crippen LogP contribution is 2.35. The Morgan fingerprint density at radius 1 is 1.25 bits per heavy atom. The number of halogens is 1. The van der Waals surface area contributed by atoms with Gasteiger partial charge in [0.1, 0.15) is 17.3 Å². The standard InChI is InChI=1S/C8H5FO2S/c9-6-3-12-8-5(6)1-4(10)2-7(8)11/h1-3,10-11H. The molecule has 0 aliphatic heterocycles. The van der Waals surface area contributed by atoms with Gasteiger partial charge in [-0.1, -0.05) is 0 Å². The summed E-state index contributed by atoms with van der Waals surface area (Å²) >= 11 is 1.11. The van der Waals surface area contributed by atoms with E-state index in [2.05, 4.69) is 0 Å². The van der Waals surface area contributed by atoms with Crippen LogP contribution in [0, 0.1) is 5.82 Å². The van der Waals surface area contributed by atoms with Gasteiger partial charge in [0, 0.05) is 16.8 Å². The maximum Gasteiger partial charge on any atom is 0.142 e. The van der Waals surface area contributed by atoms with Gasteiger partial charge in [-0.05, 0) is 6.07 Å². The van der Waals surface area contributed by atoms with Gasteiger partial charge in [0.25, 0.3) is 0 Å². The quantitative estimate of drug-likeness (QED) is 0.660. The van der Waals surface area contributed by atoms with E-state index in [1.54, 1.807) is 0 Å². The van der Waals surface area contributed by atoms with Gasteiger partial charge in [0.15, 0.2) is 0 Å². The highest BCUT2D eigenvalue weighted by molar-refractivity contribution is 7.17. The van der Waals surface area contributed by atoms with Crippen molar-refractivity contribution in [2.45, 2.75) is 0 Å². The summed E-state index contributed by atoms with van der Waals surface area (Å²) in [5, 5.41) is 19.8. The minimum absolute atomic E-state index is 0.0844. The van der Waals surface area contributed by atoms with Crippen LogP contribution in [-0.4, -0.2) is 10.2 Å². The number of hydrogen-bond donors (Lipinski definition) is 2. The smallest absolute Gasteiger partial charge is 0.142 e. The number of benzene rings is 1. The van der Waals surface area contributed by atoms with Crippen molar-refractivity contribution in [1.29, 1.82) is 0 Å². The molecule has 1 heterocycles. The first-order valence-corrected chi connectivity index (χ1v) is 4.15. The summed E-state index contributed by atoms with van der Waals surface area (Å²) in [4.78, 5) is 0. The maximum atomic E-state index is 12.9. The third-order valence-electron chi connectivity index (χ3n) is 1.59. The average molecular weight is 184 g/mol. The molecule has 1 aromatic heterocycles. The van der Waals surface area contributed by atoms with E-state index < -0.39 is 5.82 Å². The highest BCUT2D eigenvalue weighted by Gasteiger charge is 2.08. The van der Waals surface area contributed by atoms with Crippen molar-refractivity contribution in [2.24, 2.45) is 0 Å². The van der Waals surface area contributed by atoms with Gasteiger partial charge >= 0.3 is 0 Å². The van der Waals surface area contributed by atoms with Crippen molar-refractivity contribution in [1.82, 2.24) is 0 Å². The first-order valence-electron chi connectivity index (χ1n) is 3.27. The molecule has 0 aliphatic rings. The molecule has 0 radical (unpaired) electrons. The Morgan fingerprint density at radius 2 is 2.00 bits per heavy atom. The summed E-state index contributed by atoms with van der Waals surface area (Å²) in [6.45, 7) is 0. The topological polar surface area (TPSA) is 40.5 Å². The summed E-state index contributed by atoms with van der Waals surface area (Å²) < 4.78 is 13.4. The molecule has 0 unspecified atom stereocenters. The molecular weight excluding hydrogens is 179 g/mol. The molecule has 0 spiro atoms. The molecular formula is C8H5FO2S. The molecule has 0 fully saturated rings. The molecule has 2 aromatic rings. The average Bonchev–Trinajstić information content (AvgIpc) is 2.33. The van der Waals surface area contributed by atoms with Gasteiger partial charge in [0.2, 0.25) is 0 Å². The van der Waals surface area contributed by atoms with Crippen molar-refractivity contribution in [3.8, 4) is 11.5 Å². The highest BCUT2D eigenvalue weighted by atomic mass is 32.1. The van der Waals surface area contributed by atoms with Crippen LogP contribution in [0.15, 0.2) is 17.5 Å². The Bertz CT molecular complexity index is 436. The number of aromatic hydroxyl groups is 2. The number of hydrogen-bond acceptors (Lipinski definition) is 3. The predicted molar refractivity (Wildman–Crippen MR) is 45.1 cm³/mol. The number of phenolic OH excluding ortho intramolecular Hbond substituents is 2. The minimum Gasteiger partial charge on any atom is -0.508 e. The van der Waals surface area contributed by atoms with Gasteiger partial charge in [-0.15, -0.1) is 11.3 Å². The molecule has 12 heavy (non-hydrogen) atoms. The molecule has 0 saturated heterocycles. The number of phenols is 2. The van der Waals surface area contributed by atoms with Crippen molar-refractivity contribution < 1.29 is 14.6 Å². The fraction of sp³-hybridized carbons (Fsp3) is 0. The van der Waals surface area contributed by atoms with Crippen LogP contribution in [0.25, 0.3) is 10.1 Å². The zero-order valence-electron chi connectivity index (χ0n) is 5.91. The van der Waals surface area contributed by atoms with Crippen LogP contribution >= 0.6 is 11.3 Å². The van der Waals surface area contributed by atoms with Crippen LogP contribution < -0.4 is 0 Å². The van der Waals surface area contributed by atoms with Gasteiger partial charge in [-0.3, -0.25) is 0 Å². The molecule has 2 nitrogen and oxygen atoms in total. The number of rotatable bonds is 0. The van der Waals surface area contributed by atoms with Crippen LogP contribution in [0.2, 0.25) is 0 Å².